The number of rotatable bonds is 3. The van der Waals surface area contributed by atoms with Crippen LogP contribution in [0.15, 0.2) is 48.5 Å². The molecule has 3 nitrogen and oxygen atoms in total. The van der Waals surface area contributed by atoms with E-state index in [0.717, 1.165) is 24.2 Å². The molecular formula is C21H21ClN2O. The van der Waals surface area contributed by atoms with Crippen molar-refractivity contribution in [1.82, 2.24) is 4.90 Å². The van der Waals surface area contributed by atoms with Crippen molar-refractivity contribution in [2.24, 2.45) is 0 Å². The van der Waals surface area contributed by atoms with Gasteiger partial charge in [0.05, 0.1) is 0 Å². The van der Waals surface area contributed by atoms with Crippen molar-refractivity contribution in [3.63, 3.8) is 0 Å². The minimum Gasteiger partial charge on any atom is -0.323 e. The molecule has 0 radical (unpaired) electrons. The van der Waals surface area contributed by atoms with E-state index < -0.39 is 0 Å². The van der Waals surface area contributed by atoms with Gasteiger partial charge in [-0.15, -0.1) is 0 Å². The van der Waals surface area contributed by atoms with E-state index in [1.165, 1.54) is 36.6 Å². The van der Waals surface area contributed by atoms with Gasteiger partial charge >= 0.3 is 0 Å². The van der Waals surface area contributed by atoms with Crippen molar-refractivity contribution in [1.29, 1.82) is 0 Å². The summed E-state index contributed by atoms with van der Waals surface area (Å²) in [6, 6.07) is 14.3. The first kappa shape index (κ1) is 16.4. The molecule has 0 aliphatic carbocycles. The van der Waals surface area contributed by atoms with E-state index in [1.807, 2.05) is 30.3 Å². The van der Waals surface area contributed by atoms with Gasteiger partial charge in [0.25, 0.3) is 0 Å². The number of carbonyl (C=O) groups excluding carboxylic acids is 1. The first-order valence-corrected chi connectivity index (χ1v) is 9.19. The predicted octanol–water partition coefficient (Wildman–Crippen LogP) is 4.68. The second-order valence-corrected chi connectivity index (χ2v) is 7.11. The molecule has 128 valence electrons. The molecule has 2 heterocycles. The maximum Gasteiger partial charge on any atom is 0.248 e. The number of benzene rings is 2. The number of halogens is 1. The van der Waals surface area contributed by atoms with Crippen LogP contribution in [0.3, 0.4) is 0 Å². The Bertz CT molecular complexity index is 830. The van der Waals surface area contributed by atoms with Gasteiger partial charge in [0.2, 0.25) is 5.91 Å². The number of fused-ring (bicyclic) bond motifs is 3. The fourth-order valence-electron chi connectivity index (χ4n) is 3.88. The highest BCUT2D eigenvalue weighted by Crippen LogP contribution is 2.38. The van der Waals surface area contributed by atoms with Crippen LogP contribution in [0.25, 0.3) is 6.08 Å². The fraction of sp³-hybridized carbons (Fsp3) is 0.286. The minimum absolute atomic E-state index is 0.140. The van der Waals surface area contributed by atoms with E-state index in [9.17, 15) is 4.79 Å². The highest BCUT2D eigenvalue weighted by atomic mass is 35.5. The lowest BCUT2D eigenvalue weighted by Crippen LogP contribution is -2.30. The van der Waals surface area contributed by atoms with Crippen LogP contribution in [0.5, 0.6) is 0 Å². The molecule has 0 spiro atoms. The minimum atomic E-state index is -0.140. The Hall–Kier alpha value is -2.10. The quantitative estimate of drug-likeness (QED) is 0.813. The van der Waals surface area contributed by atoms with Crippen LogP contribution in [0.4, 0.5) is 5.69 Å². The Morgan fingerprint density at radius 2 is 2.08 bits per heavy atom. The van der Waals surface area contributed by atoms with Crippen LogP contribution in [0.2, 0.25) is 5.02 Å². The molecule has 2 aromatic rings. The number of nitrogens with zero attached hydrogens (tertiary/aromatic N) is 1. The van der Waals surface area contributed by atoms with E-state index >= 15 is 0 Å². The summed E-state index contributed by atoms with van der Waals surface area (Å²) in [5.41, 5.74) is 4.51. The van der Waals surface area contributed by atoms with Crippen LogP contribution >= 0.6 is 11.6 Å². The van der Waals surface area contributed by atoms with E-state index in [-0.39, 0.29) is 5.91 Å². The van der Waals surface area contributed by atoms with Crippen molar-refractivity contribution in [3.8, 4) is 0 Å². The maximum atomic E-state index is 12.2. The molecule has 2 aliphatic rings. The van der Waals surface area contributed by atoms with Gasteiger partial charge in [0, 0.05) is 29.4 Å². The fourth-order valence-corrected chi connectivity index (χ4v) is 4.08. The van der Waals surface area contributed by atoms with Gasteiger partial charge in [-0.2, -0.15) is 0 Å². The molecular weight excluding hydrogens is 332 g/mol. The van der Waals surface area contributed by atoms with E-state index in [1.54, 1.807) is 6.08 Å². The molecule has 0 bridgehead atoms. The summed E-state index contributed by atoms with van der Waals surface area (Å²) in [7, 11) is 0. The number of nitrogens with one attached hydrogen (secondary N) is 1. The third-order valence-corrected chi connectivity index (χ3v) is 5.47. The molecule has 1 atom stereocenters. The summed E-state index contributed by atoms with van der Waals surface area (Å²) in [4.78, 5) is 14.8. The predicted molar refractivity (Wildman–Crippen MR) is 103 cm³/mol. The zero-order valence-corrected chi connectivity index (χ0v) is 14.8. The van der Waals surface area contributed by atoms with Crippen molar-refractivity contribution < 1.29 is 4.79 Å². The Morgan fingerprint density at radius 1 is 1.20 bits per heavy atom. The molecule has 25 heavy (non-hydrogen) atoms. The summed E-state index contributed by atoms with van der Waals surface area (Å²) in [6.45, 7) is 2.35. The summed E-state index contributed by atoms with van der Waals surface area (Å²) >= 11 is 6.11. The highest BCUT2D eigenvalue weighted by molar-refractivity contribution is 6.32. The summed E-state index contributed by atoms with van der Waals surface area (Å²) < 4.78 is 0. The lowest BCUT2D eigenvalue weighted by atomic mass is 9.92. The zero-order valence-electron chi connectivity index (χ0n) is 14.0. The molecule has 2 aromatic carbocycles. The van der Waals surface area contributed by atoms with Gasteiger partial charge in [-0.3, -0.25) is 9.69 Å². The molecule has 4 heteroatoms. The standard InChI is InChI=1S/C21H21ClN2O/c22-19-5-2-1-4-16(19)8-10-21(25)23-17-9-7-15-11-13-24-12-3-6-20(24)18(15)14-17/h1-2,4-5,7-10,14,20H,3,6,11-13H2,(H,23,25)/b10-8+. The molecule has 2 aliphatic heterocycles. The van der Waals surface area contributed by atoms with E-state index in [0.29, 0.717) is 11.1 Å². The molecule has 1 amide bonds. The van der Waals surface area contributed by atoms with E-state index in [4.69, 9.17) is 11.6 Å². The van der Waals surface area contributed by atoms with Gasteiger partial charge in [-0.05, 0) is 66.8 Å². The van der Waals surface area contributed by atoms with Gasteiger partial charge in [-0.1, -0.05) is 35.9 Å². The lowest BCUT2D eigenvalue weighted by molar-refractivity contribution is -0.111. The van der Waals surface area contributed by atoms with Crippen molar-refractivity contribution in [3.05, 3.63) is 70.3 Å². The molecule has 1 fully saturated rings. The number of hydrogen-bond donors (Lipinski definition) is 1. The van der Waals surface area contributed by atoms with Crippen LogP contribution < -0.4 is 5.32 Å². The molecule has 4 rings (SSSR count). The number of amides is 1. The molecule has 0 aromatic heterocycles. The molecule has 0 saturated carbocycles. The van der Waals surface area contributed by atoms with Crippen molar-refractivity contribution >= 4 is 29.3 Å². The van der Waals surface area contributed by atoms with E-state index in [2.05, 4.69) is 22.3 Å². The third kappa shape index (κ3) is 3.48. The summed E-state index contributed by atoms with van der Waals surface area (Å²) in [5.74, 6) is -0.140. The Labute approximate surface area is 153 Å². The number of hydrogen-bond acceptors (Lipinski definition) is 2. The Kier molecular flexibility index (Phi) is 4.60. The zero-order chi connectivity index (χ0) is 17.2. The first-order chi connectivity index (χ1) is 12.2. The number of carbonyl (C=O) groups is 1. The summed E-state index contributed by atoms with van der Waals surface area (Å²) in [6.07, 6.45) is 6.86. The van der Waals surface area contributed by atoms with Crippen molar-refractivity contribution in [2.45, 2.75) is 25.3 Å². The second-order valence-electron chi connectivity index (χ2n) is 6.70. The van der Waals surface area contributed by atoms with Crippen LogP contribution in [0.1, 0.15) is 35.6 Å². The van der Waals surface area contributed by atoms with Crippen LogP contribution in [-0.4, -0.2) is 23.9 Å². The van der Waals surface area contributed by atoms with Gasteiger partial charge < -0.3 is 5.32 Å². The smallest absolute Gasteiger partial charge is 0.248 e. The maximum absolute atomic E-state index is 12.2. The SMILES string of the molecule is O=C(/C=C/c1ccccc1Cl)Nc1ccc2c(c1)C1CCCN1CC2. The Balaban J connectivity index is 1.49. The average molecular weight is 353 g/mol. The van der Waals surface area contributed by atoms with Gasteiger partial charge in [0.15, 0.2) is 0 Å². The summed E-state index contributed by atoms with van der Waals surface area (Å²) in [5, 5.41) is 3.61. The molecule has 1 saturated heterocycles. The highest BCUT2D eigenvalue weighted by Gasteiger charge is 2.31. The van der Waals surface area contributed by atoms with Gasteiger partial charge in [-0.25, -0.2) is 0 Å². The monoisotopic (exact) mass is 352 g/mol. The number of anilines is 1. The first-order valence-electron chi connectivity index (χ1n) is 8.81. The Morgan fingerprint density at radius 3 is 2.96 bits per heavy atom. The second kappa shape index (κ2) is 7.03. The largest absolute Gasteiger partial charge is 0.323 e. The van der Waals surface area contributed by atoms with Crippen LogP contribution in [-0.2, 0) is 11.2 Å². The lowest BCUT2D eigenvalue weighted by Gasteiger charge is -2.32. The van der Waals surface area contributed by atoms with Gasteiger partial charge in [0.1, 0.15) is 0 Å². The normalized spacial score (nSPS) is 19.6. The van der Waals surface area contributed by atoms with Crippen LogP contribution in [0, 0.1) is 0 Å². The van der Waals surface area contributed by atoms with Crippen molar-refractivity contribution in [2.75, 3.05) is 18.4 Å². The molecule has 1 N–H and O–H groups in total. The average Bonchev–Trinajstić information content (AvgIpc) is 3.10. The third-order valence-electron chi connectivity index (χ3n) is 5.12. The molecule has 1 unspecified atom stereocenters. The topological polar surface area (TPSA) is 32.3 Å².